The maximum absolute atomic E-state index is 12.8. The van der Waals surface area contributed by atoms with Gasteiger partial charge in [-0.2, -0.15) is 0 Å². The molecule has 188 valence electrons. The Morgan fingerprint density at radius 1 is 1.00 bits per heavy atom. The number of amides is 2. The normalized spacial score (nSPS) is 14.4. The molecule has 0 saturated carbocycles. The highest BCUT2D eigenvalue weighted by Gasteiger charge is 2.27. The summed E-state index contributed by atoms with van der Waals surface area (Å²) >= 11 is 12.2. The Labute approximate surface area is 222 Å². The van der Waals surface area contributed by atoms with Crippen molar-refractivity contribution in [2.75, 3.05) is 23.3 Å². The number of nitrogens with one attached hydrogen (secondary N) is 2. The summed E-state index contributed by atoms with van der Waals surface area (Å²) in [5.41, 5.74) is 1.65. The Bertz CT molecular complexity index is 1230. The van der Waals surface area contributed by atoms with Crippen molar-refractivity contribution in [3.8, 4) is 0 Å². The molecule has 8 heteroatoms. The Morgan fingerprint density at radius 2 is 1.72 bits per heavy atom. The van der Waals surface area contributed by atoms with E-state index in [4.69, 9.17) is 23.2 Å². The second-order valence-electron chi connectivity index (χ2n) is 9.66. The van der Waals surface area contributed by atoms with Crippen LogP contribution < -0.4 is 15.5 Å². The second kappa shape index (κ2) is 11.3. The van der Waals surface area contributed by atoms with Crippen molar-refractivity contribution in [3.05, 3.63) is 88.0 Å². The molecule has 0 bridgehead atoms. The Hall–Kier alpha value is -3.09. The molecule has 1 aliphatic heterocycles. The van der Waals surface area contributed by atoms with E-state index in [2.05, 4.69) is 20.5 Å². The highest BCUT2D eigenvalue weighted by atomic mass is 35.5. The summed E-state index contributed by atoms with van der Waals surface area (Å²) < 4.78 is 0. The minimum absolute atomic E-state index is 0.0568. The van der Waals surface area contributed by atoms with Gasteiger partial charge in [0, 0.05) is 36.3 Å². The number of pyridine rings is 1. The molecule has 2 N–H and O–H groups in total. The van der Waals surface area contributed by atoms with Gasteiger partial charge in [-0.05, 0) is 62.4 Å². The van der Waals surface area contributed by atoms with Crippen LogP contribution in [0.1, 0.15) is 49.0 Å². The fourth-order valence-corrected chi connectivity index (χ4v) is 4.89. The standard InChI is InChI=1S/C28H30Cl2N4O2/c1-28(2,21-8-4-3-5-9-21)33-25(35)15-19-11-13-34(14-12-19)26-24(17-23(30)18-31-26)32-27(36)20-7-6-10-22(29)16-20/h3-10,16-19H,11-15H2,1-2H3,(H,32,36)(H,33,35). The average Bonchev–Trinajstić information content (AvgIpc) is 2.85. The lowest BCUT2D eigenvalue weighted by Gasteiger charge is -2.34. The lowest BCUT2D eigenvalue weighted by molar-refractivity contribution is -0.123. The zero-order chi connectivity index (χ0) is 25.7. The zero-order valence-electron chi connectivity index (χ0n) is 20.4. The van der Waals surface area contributed by atoms with Crippen LogP contribution in [0.3, 0.4) is 0 Å². The molecule has 1 saturated heterocycles. The lowest BCUT2D eigenvalue weighted by Crippen LogP contribution is -2.43. The Morgan fingerprint density at radius 3 is 2.42 bits per heavy atom. The van der Waals surface area contributed by atoms with Crippen LogP contribution >= 0.6 is 23.2 Å². The van der Waals surface area contributed by atoms with Crippen molar-refractivity contribution < 1.29 is 9.59 Å². The van der Waals surface area contributed by atoms with Crippen molar-refractivity contribution in [1.82, 2.24) is 10.3 Å². The molecule has 2 amide bonds. The van der Waals surface area contributed by atoms with E-state index in [1.807, 2.05) is 44.2 Å². The molecular formula is C28H30Cl2N4O2. The van der Waals surface area contributed by atoms with E-state index in [1.165, 1.54) is 0 Å². The maximum Gasteiger partial charge on any atom is 0.255 e. The number of hydrogen-bond acceptors (Lipinski definition) is 4. The molecular weight excluding hydrogens is 495 g/mol. The fraction of sp³-hybridized carbons (Fsp3) is 0.321. The summed E-state index contributed by atoms with van der Waals surface area (Å²) in [6.07, 6.45) is 3.77. The third-order valence-corrected chi connectivity index (χ3v) is 6.95. The minimum Gasteiger partial charge on any atom is -0.355 e. The fourth-order valence-electron chi connectivity index (χ4n) is 4.54. The number of piperidine rings is 1. The number of anilines is 2. The van der Waals surface area contributed by atoms with Crippen molar-refractivity contribution in [1.29, 1.82) is 0 Å². The van der Waals surface area contributed by atoms with Crippen LogP contribution in [0.4, 0.5) is 11.5 Å². The summed E-state index contributed by atoms with van der Waals surface area (Å²) in [6, 6.07) is 18.5. The molecule has 1 aliphatic rings. The number of aromatic nitrogens is 1. The smallest absolute Gasteiger partial charge is 0.255 e. The number of carbonyl (C=O) groups excluding carboxylic acids is 2. The molecule has 0 atom stereocenters. The molecule has 0 aliphatic carbocycles. The second-order valence-corrected chi connectivity index (χ2v) is 10.5. The summed E-state index contributed by atoms with van der Waals surface area (Å²) in [4.78, 5) is 32.3. The Kier molecular flexibility index (Phi) is 8.17. The predicted molar refractivity (Wildman–Crippen MR) is 146 cm³/mol. The van der Waals surface area contributed by atoms with Gasteiger partial charge >= 0.3 is 0 Å². The van der Waals surface area contributed by atoms with Gasteiger partial charge in [0.25, 0.3) is 5.91 Å². The highest BCUT2D eigenvalue weighted by molar-refractivity contribution is 6.31. The van der Waals surface area contributed by atoms with Crippen LogP contribution in [0.5, 0.6) is 0 Å². The van der Waals surface area contributed by atoms with Gasteiger partial charge in [0.15, 0.2) is 5.82 Å². The molecule has 36 heavy (non-hydrogen) atoms. The van der Waals surface area contributed by atoms with Crippen LogP contribution in [-0.4, -0.2) is 29.9 Å². The molecule has 3 aromatic rings. The van der Waals surface area contributed by atoms with Crippen LogP contribution in [0, 0.1) is 5.92 Å². The van der Waals surface area contributed by atoms with Crippen LogP contribution in [0.25, 0.3) is 0 Å². The van der Waals surface area contributed by atoms with Gasteiger partial charge in [-0.25, -0.2) is 4.98 Å². The first kappa shape index (κ1) is 26.0. The van der Waals surface area contributed by atoms with Crippen LogP contribution in [0.15, 0.2) is 66.9 Å². The number of halogens is 2. The minimum atomic E-state index is -0.428. The van der Waals surface area contributed by atoms with Crippen molar-refractivity contribution >= 4 is 46.5 Å². The third-order valence-electron chi connectivity index (χ3n) is 6.50. The van der Waals surface area contributed by atoms with E-state index >= 15 is 0 Å². The van der Waals surface area contributed by atoms with Crippen molar-refractivity contribution in [2.45, 2.75) is 38.6 Å². The monoisotopic (exact) mass is 524 g/mol. The van der Waals surface area contributed by atoms with Crippen molar-refractivity contribution in [2.24, 2.45) is 5.92 Å². The largest absolute Gasteiger partial charge is 0.355 e. The van der Waals surface area contributed by atoms with E-state index in [0.29, 0.717) is 33.5 Å². The number of benzene rings is 2. The van der Waals surface area contributed by atoms with E-state index in [-0.39, 0.29) is 17.7 Å². The van der Waals surface area contributed by atoms with Gasteiger partial charge in [-0.15, -0.1) is 0 Å². The number of hydrogen-bond donors (Lipinski definition) is 2. The first-order chi connectivity index (χ1) is 17.2. The number of nitrogens with zero attached hydrogens (tertiary/aromatic N) is 2. The predicted octanol–water partition coefficient (Wildman–Crippen LogP) is 6.30. The average molecular weight is 525 g/mol. The van der Waals surface area contributed by atoms with Gasteiger partial charge in [0.05, 0.1) is 16.2 Å². The van der Waals surface area contributed by atoms with E-state index in [1.54, 1.807) is 36.5 Å². The Balaban J connectivity index is 1.36. The quantitative estimate of drug-likeness (QED) is 0.380. The van der Waals surface area contributed by atoms with Gasteiger partial charge in [-0.1, -0.05) is 59.6 Å². The molecule has 1 aromatic heterocycles. The third kappa shape index (κ3) is 6.56. The summed E-state index contributed by atoms with van der Waals surface area (Å²) in [7, 11) is 0. The van der Waals surface area contributed by atoms with E-state index < -0.39 is 5.54 Å². The van der Waals surface area contributed by atoms with Gasteiger partial charge < -0.3 is 15.5 Å². The summed E-state index contributed by atoms with van der Waals surface area (Å²) in [6.45, 7) is 5.51. The molecule has 0 unspecified atom stereocenters. The molecule has 0 spiro atoms. The van der Waals surface area contributed by atoms with Gasteiger partial charge in [0.2, 0.25) is 5.91 Å². The molecule has 6 nitrogen and oxygen atoms in total. The van der Waals surface area contributed by atoms with Crippen molar-refractivity contribution in [3.63, 3.8) is 0 Å². The topological polar surface area (TPSA) is 74.3 Å². The molecule has 0 radical (unpaired) electrons. The summed E-state index contributed by atoms with van der Waals surface area (Å²) in [5.74, 6) is 0.726. The van der Waals surface area contributed by atoms with Gasteiger partial charge in [-0.3, -0.25) is 9.59 Å². The molecule has 2 aromatic carbocycles. The van der Waals surface area contributed by atoms with E-state index in [0.717, 1.165) is 31.5 Å². The lowest BCUT2D eigenvalue weighted by atomic mass is 9.91. The van der Waals surface area contributed by atoms with Crippen LogP contribution in [-0.2, 0) is 10.3 Å². The van der Waals surface area contributed by atoms with E-state index in [9.17, 15) is 9.59 Å². The SMILES string of the molecule is CC(C)(NC(=O)CC1CCN(c2ncc(Cl)cc2NC(=O)c2cccc(Cl)c2)CC1)c1ccccc1. The highest BCUT2D eigenvalue weighted by Crippen LogP contribution is 2.31. The first-order valence-electron chi connectivity index (χ1n) is 12.1. The molecule has 2 heterocycles. The van der Waals surface area contributed by atoms with Crippen LogP contribution in [0.2, 0.25) is 10.0 Å². The number of rotatable bonds is 7. The summed E-state index contributed by atoms with van der Waals surface area (Å²) in [5, 5.41) is 7.04. The molecule has 1 fully saturated rings. The maximum atomic E-state index is 12.8. The first-order valence-corrected chi connectivity index (χ1v) is 12.8. The van der Waals surface area contributed by atoms with Gasteiger partial charge in [0.1, 0.15) is 0 Å². The number of carbonyl (C=O) groups is 2. The zero-order valence-corrected chi connectivity index (χ0v) is 21.9. The molecule has 4 rings (SSSR count).